The summed E-state index contributed by atoms with van der Waals surface area (Å²) in [6.45, 7) is 1.74. The normalized spacial score (nSPS) is 16.6. The lowest BCUT2D eigenvalue weighted by Crippen LogP contribution is -2.35. The highest BCUT2D eigenvalue weighted by Gasteiger charge is 2.20. The van der Waals surface area contributed by atoms with Gasteiger partial charge in [0, 0.05) is 26.3 Å². The lowest BCUT2D eigenvalue weighted by molar-refractivity contribution is -0.127. The Morgan fingerprint density at radius 2 is 2.29 bits per heavy atom. The summed E-state index contributed by atoms with van der Waals surface area (Å²) in [5, 5.41) is 8.78. The maximum atomic E-state index is 11.7. The molecule has 0 spiro atoms. The Morgan fingerprint density at radius 1 is 1.47 bits per heavy atom. The van der Waals surface area contributed by atoms with Gasteiger partial charge in [-0.15, -0.1) is 0 Å². The smallest absolute Gasteiger partial charge is 0.241 e. The number of nitriles is 1. The van der Waals surface area contributed by atoms with E-state index in [9.17, 15) is 4.79 Å². The fourth-order valence-electron chi connectivity index (χ4n) is 1.72. The van der Waals surface area contributed by atoms with Crippen molar-refractivity contribution in [2.24, 2.45) is 0 Å². The SMILES string of the molecule is CN1CCCN(c2nccc(C#N)n2)CC1=O. The van der Waals surface area contributed by atoms with E-state index in [1.807, 2.05) is 11.0 Å². The molecular weight excluding hydrogens is 218 g/mol. The molecule has 0 atom stereocenters. The van der Waals surface area contributed by atoms with Crippen LogP contribution in [-0.2, 0) is 4.79 Å². The molecule has 6 nitrogen and oxygen atoms in total. The van der Waals surface area contributed by atoms with Crippen LogP contribution >= 0.6 is 0 Å². The molecule has 1 amide bonds. The molecule has 1 aliphatic rings. The lowest BCUT2D eigenvalue weighted by atomic mass is 10.4. The number of carbonyl (C=O) groups is 1. The Bertz CT molecular complexity index is 467. The first-order chi connectivity index (χ1) is 8.20. The van der Waals surface area contributed by atoms with Gasteiger partial charge in [-0.05, 0) is 12.5 Å². The summed E-state index contributed by atoms with van der Waals surface area (Å²) >= 11 is 0. The van der Waals surface area contributed by atoms with Crippen molar-refractivity contribution >= 4 is 11.9 Å². The minimum Gasteiger partial charge on any atom is -0.344 e. The molecule has 0 unspecified atom stereocenters. The third-order valence-electron chi connectivity index (χ3n) is 2.71. The first-order valence-corrected chi connectivity index (χ1v) is 5.43. The topological polar surface area (TPSA) is 73.1 Å². The molecule has 2 heterocycles. The fraction of sp³-hybridized carbons (Fsp3) is 0.455. The van der Waals surface area contributed by atoms with Gasteiger partial charge in [0.05, 0.1) is 6.54 Å². The van der Waals surface area contributed by atoms with Crippen LogP contribution in [0.1, 0.15) is 12.1 Å². The molecule has 17 heavy (non-hydrogen) atoms. The molecule has 88 valence electrons. The van der Waals surface area contributed by atoms with E-state index in [1.165, 1.54) is 0 Å². The van der Waals surface area contributed by atoms with E-state index < -0.39 is 0 Å². The van der Waals surface area contributed by atoms with Crippen LogP contribution in [-0.4, -0.2) is 47.5 Å². The van der Waals surface area contributed by atoms with E-state index in [0.717, 1.165) is 19.5 Å². The zero-order chi connectivity index (χ0) is 12.3. The summed E-state index contributed by atoms with van der Waals surface area (Å²) in [5.74, 6) is 0.501. The third-order valence-corrected chi connectivity index (χ3v) is 2.71. The van der Waals surface area contributed by atoms with E-state index >= 15 is 0 Å². The number of rotatable bonds is 1. The minimum atomic E-state index is 0.0495. The second-order valence-corrected chi connectivity index (χ2v) is 3.94. The number of hydrogen-bond donors (Lipinski definition) is 0. The Morgan fingerprint density at radius 3 is 3.06 bits per heavy atom. The van der Waals surface area contributed by atoms with Crippen LogP contribution in [0.15, 0.2) is 12.3 Å². The quantitative estimate of drug-likeness (QED) is 0.681. The zero-order valence-electron chi connectivity index (χ0n) is 9.63. The average molecular weight is 231 g/mol. The standard InChI is InChI=1S/C11H13N5O/c1-15-5-2-6-16(8-10(15)17)11-13-4-3-9(7-12)14-11/h3-4H,2,5-6,8H2,1H3. The summed E-state index contributed by atoms with van der Waals surface area (Å²) in [4.78, 5) is 23.4. The molecule has 0 N–H and O–H groups in total. The Labute approximate surface area is 99.5 Å². The maximum Gasteiger partial charge on any atom is 0.241 e. The van der Waals surface area contributed by atoms with Crippen LogP contribution < -0.4 is 4.90 Å². The van der Waals surface area contributed by atoms with Gasteiger partial charge in [-0.3, -0.25) is 4.79 Å². The van der Waals surface area contributed by atoms with Gasteiger partial charge in [0.2, 0.25) is 11.9 Å². The summed E-state index contributed by atoms with van der Waals surface area (Å²) in [7, 11) is 1.79. The summed E-state index contributed by atoms with van der Waals surface area (Å²) < 4.78 is 0. The van der Waals surface area contributed by atoms with Gasteiger partial charge in [-0.25, -0.2) is 9.97 Å². The Hall–Kier alpha value is -2.16. The summed E-state index contributed by atoms with van der Waals surface area (Å²) in [5.41, 5.74) is 0.319. The predicted octanol–water partition coefficient (Wildman–Crippen LogP) is 0.0168. The molecule has 0 aromatic carbocycles. The monoisotopic (exact) mass is 231 g/mol. The molecule has 1 saturated heterocycles. The highest BCUT2D eigenvalue weighted by atomic mass is 16.2. The van der Waals surface area contributed by atoms with E-state index in [2.05, 4.69) is 9.97 Å². The van der Waals surface area contributed by atoms with Crippen molar-refractivity contribution in [1.29, 1.82) is 5.26 Å². The number of aromatic nitrogens is 2. The lowest BCUT2D eigenvalue weighted by Gasteiger charge is -2.19. The van der Waals surface area contributed by atoms with Crippen LogP contribution in [0.25, 0.3) is 0 Å². The van der Waals surface area contributed by atoms with E-state index in [1.54, 1.807) is 24.2 Å². The van der Waals surface area contributed by atoms with Crippen LogP contribution in [0.2, 0.25) is 0 Å². The number of amides is 1. The molecule has 0 bridgehead atoms. The number of carbonyl (C=O) groups excluding carboxylic acids is 1. The Kier molecular flexibility index (Phi) is 3.19. The first kappa shape index (κ1) is 11.3. The molecule has 1 fully saturated rings. The molecule has 0 radical (unpaired) electrons. The van der Waals surface area contributed by atoms with Gasteiger partial charge in [0.15, 0.2) is 0 Å². The number of hydrogen-bond acceptors (Lipinski definition) is 5. The van der Waals surface area contributed by atoms with Crippen molar-refractivity contribution < 1.29 is 4.79 Å². The van der Waals surface area contributed by atoms with Gasteiger partial charge in [-0.2, -0.15) is 5.26 Å². The van der Waals surface area contributed by atoms with Gasteiger partial charge < -0.3 is 9.80 Å². The average Bonchev–Trinajstić information content (AvgIpc) is 2.52. The molecule has 6 heteroatoms. The molecule has 1 aromatic rings. The Balaban J connectivity index is 2.21. The molecular formula is C11H13N5O. The van der Waals surface area contributed by atoms with Crippen molar-refractivity contribution in [1.82, 2.24) is 14.9 Å². The van der Waals surface area contributed by atoms with Crippen LogP contribution in [0, 0.1) is 11.3 Å². The third kappa shape index (κ3) is 2.50. The van der Waals surface area contributed by atoms with Crippen LogP contribution in [0.3, 0.4) is 0 Å². The van der Waals surface area contributed by atoms with Gasteiger partial charge >= 0.3 is 0 Å². The van der Waals surface area contributed by atoms with Crippen molar-refractivity contribution in [2.45, 2.75) is 6.42 Å². The van der Waals surface area contributed by atoms with Crippen molar-refractivity contribution in [3.63, 3.8) is 0 Å². The van der Waals surface area contributed by atoms with Crippen molar-refractivity contribution in [2.75, 3.05) is 31.6 Å². The highest BCUT2D eigenvalue weighted by Crippen LogP contribution is 2.11. The number of nitrogens with zero attached hydrogens (tertiary/aromatic N) is 5. The largest absolute Gasteiger partial charge is 0.344 e. The zero-order valence-corrected chi connectivity index (χ0v) is 9.63. The molecule has 1 aliphatic heterocycles. The van der Waals surface area contributed by atoms with Gasteiger partial charge in [-0.1, -0.05) is 0 Å². The minimum absolute atomic E-state index is 0.0495. The van der Waals surface area contributed by atoms with E-state index in [0.29, 0.717) is 11.6 Å². The molecule has 0 saturated carbocycles. The maximum absolute atomic E-state index is 11.7. The predicted molar refractivity (Wildman–Crippen MR) is 61.2 cm³/mol. The fourth-order valence-corrected chi connectivity index (χ4v) is 1.72. The first-order valence-electron chi connectivity index (χ1n) is 5.43. The van der Waals surface area contributed by atoms with Gasteiger partial charge in [0.1, 0.15) is 11.8 Å². The summed E-state index contributed by atoms with van der Waals surface area (Å²) in [6, 6.07) is 3.52. The van der Waals surface area contributed by atoms with Crippen LogP contribution in [0.4, 0.5) is 5.95 Å². The van der Waals surface area contributed by atoms with Crippen molar-refractivity contribution in [3.8, 4) is 6.07 Å². The van der Waals surface area contributed by atoms with E-state index in [4.69, 9.17) is 5.26 Å². The van der Waals surface area contributed by atoms with Crippen molar-refractivity contribution in [3.05, 3.63) is 18.0 Å². The second kappa shape index (κ2) is 4.78. The molecule has 2 rings (SSSR count). The second-order valence-electron chi connectivity index (χ2n) is 3.94. The van der Waals surface area contributed by atoms with Gasteiger partial charge in [0.25, 0.3) is 0 Å². The highest BCUT2D eigenvalue weighted by molar-refractivity contribution is 5.81. The van der Waals surface area contributed by atoms with E-state index in [-0.39, 0.29) is 12.5 Å². The molecule has 1 aromatic heterocycles. The molecule has 0 aliphatic carbocycles. The number of anilines is 1. The summed E-state index contributed by atoms with van der Waals surface area (Å²) in [6.07, 6.45) is 2.42. The number of likely N-dealkylation sites (N-methyl/N-ethyl adjacent to an activating group) is 1. The van der Waals surface area contributed by atoms with Crippen LogP contribution in [0.5, 0.6) is 0 Å².